The van der Waals surface area contributed by atoms with Crippen molar-refractivity contribution in [2.75, 3.05) is 12.4 Å². The minimum atomic E-state index is -0.837. The van der Waals surface area contributed by atoms with E-state index in [1.807, 2.05) is 42.5 Å². The first-order valence-corrected chi connectivity index (χ1v) is 11.1. The normalized spacial score (nSPS) is 23.6. The molecule has 1 aliphatic carbocycles. The lowest BCUT2D eigenvalue weighted by molar-refractivity contribution is -0.125. The predicted octanol–water partition coefficient (Wildman–Crippen LogP) is 2.43. The van der Waals surface area contributed by atoms with E-state index in [-0.39, 0.29) is 23.9 Å². The molecule has 3 aromatic rings. The zero-order valence-electron chi connectivity index (χ0n) is 18.1. The van der Waals surface area contributed by atoms with Gasteiger partial charge >= 0.3 is 6.03 Å². The van der Waals surface area contributed by atoms with Gasteiger partial charge in [-0.05, 0) is 41.0 Å². The Morgan fingerprint density at radius 3 is 2.64 bits per heavy atom. The average Bonchev–Trinajstić information content (AvgIpc) is 3.28. The summed E-state index contributed by atoms with van der Waals surface area (Å²) in [7, 11) is 1.68. The summed E-state index contributed by atoms with van der Waals surface area (Å²) in [6.45, 7) is 0.531. The molecule has 3 aliphatic rings. The van der Waals surface area contributed by atoms with Crippen molar-refractivity contribution < 1.29 is 14.4 Å². The first-order chi connectivity index (χ1) is 15.9. The van der Waals surface area contributed by atoms with E-state index in [4.69, 9.17) is 4.98 Å². The predicted molar refractivity (Wildman–Crippen MR) is 122 cm³/mol. The molecule has 166 valence electrons. The van der Waals surface area contributed by atoms with Crippen LogP contribution in [0.15, 0.2) is 48.5 Å². The second-order valence-corrected chi connectivity index (χ2v) is 9.09. The van der Waals surface area contributed by atoms with E-state index >= 15 is 0 Å². The highest BCUT2D eigenvalue weighted by Gasteiger charge is 2.54. The molecule has 33 heavy (non-hydrogen) atoms. The lowest BCUT2D eigenvalue weighted by Gasteiger charge is -2.27. The summed E-state index contributed by atoms with van der Waals surface area (Å²) in [4.78, 5) is 43.0. The van der Waals surface area contributed by atoms with Crippen LogP contribution in [-0.2, 0) is 29.0 Å². The van der Waals surface area contributed by atoms with Gasteiger partial charge in [-0.1, -0.05) is 24.3 Å². The Morgan fingerprint density at radius 2 is 1.85 bits per heavy atom. The zero-order chi connectivity index (χ0) is 22.7. The Morgan fingerprint density at radius 1 is 1.06 bits per heavy atom. The molecule has 3 N–H and O–H groups in total. The van der Waals surface area contributed by atoms with Crippen LogP contribution >= 0.6 is 0 Å². The summed E-state index contributed by atoms with van der Waals surface area (Å²) >= 11 is 0. The number of imide groups is 1. The number of fused-ring (bicyclic) bond motifs is 3. The number of nitrogens with zero attached hydrogens (tertiary/aromatic N) is 2. The van der Waals surface area contributed by atoms with Crippen LogP contribution in [-0.4, -0.2) is 40.3 Å². The number of likely N-dealkylation sites (N-methyl/N-ethyl adjacent to an activating group) is 1. The maximum Gasteiger partial charge on any atom is 0.324 e. The molecule has 1 saturated heterocycles. The van der Waals surface area contributed by atoms with Gasteiger partial charge in [0.05, 0.1) is 11.2 Å². The molecule has 2 atom stereocenters. The maximum atomic E-state index is 12.6. The molecule has 0 bridgehead atoms. The summed E-state index contributed by atoms with van der Waals surface area (Å²) in [6.07, 6.45) is 1.39. The minimum absolute atomic E-state index is 0.00145. The smallest absolute Gasteiger partial charge is 0.324 e. The Hall–Kier alpha value is -3.78. The molecule has 0 radical (unpaired) electrons. The van der Waals surface area contributed by atoms with E-state index < -0.39 is 5.54 Å². The Bertz CT molecular complexity index is 1350. The summed E-state index contributed by atoms with van der Waals surface area (Å²) in [5, 5.41) is 9.84. The van der Waals surface area contributed by atoms with Gasteiger partial charge in [0.2, 0.25) is 5.91 Å². The number of para-hydroxylation sites is 1. The van der Waals surface area contributed by atoms with E-state index in [1.165, 1.54) is 4.90 Å². The van der Waals surface area contributed by atoms with Crippen LogP contribution in [0.5, 0.6) is 0 Å². The summed E-state index contributed by atoms with van der Waals surface area (Å²) in [5.41, 5.74) is 4.96. The molecule has 8 heteroatoms. The highest BCUT2D eigenvalue weighted by atomic mass is 16.2. The van der Waals surface area contributed by atoms with Gasteiger partial charge < -0.3 is 15.5 Å². The number of carbonyl (C=O) groups is 3. The number of nitrogens with one attached hydrogen (secondary N) is 3. The molecule has 1 fully saturated rings. The van der Waals surface area contributed by atoms with Crippen LogP contribution in [0.25, 0.3) is 10.9 Å². The molecule has 6 rings (SSSR count). The number of benzene rings is 2. The molecule has 1 aromatic heterocycles. The number of amides is 4. The zero-order valence-corrected chi connectivity index (χ0v) is 18.1. The fraction of sp³-hybridized carbons (Fsp3) is 0.280. The Kier molecular flexibility index (Phi) is 4.28. The van der Waals surface area contributed by atoms with Crippen molar-refractivity contribution >= 4 is 34.4 Å². The van der Waals surface area contributed by atoms with Gasteiger partial charge in [-0.2, -0.15) is 0 Å². The molecule has 2 unspecified atom stereocenters. The van der Waals surface area contributed by atoms with Gasteiger partial charge in [-0.25, -0.2) is 4.79 Å². The lowest BCUT2D eigenvalue weighted by Crippen LogP contribution is -2.48. The summed E-state index contributed by atoms with van der Waals surface area (Å²) in [5.74, 6) is -0.230. The van der Waals surface area contributed by atoms with E-state index in [2.05, 4.69) is 22.0 Å². The summed E-state index contributed by atoms with van der Waals surface area (Å²) < 4.78 is 0. The molecular weight excluding hydrogens is 418 g/mol. The van der Waals surface area contributed by atoms with Crippen molar-refractivity contribution in [3.8, 4) is 0 Å². The fourth-order valence-corrected chi connectivity index (χ4v) is 5.29. The topological polar surface area (TPSA) is 103 Å². The number of carbonyl (C=O) groups excluding carboxylic acids is 3. The van der Waals surface area contributed by atoms with Crippen molar-refractivity contribution in [3.63, 3.8) is 0 Å². The molecule has 0 saturated carbocycles. The SMILES string of the molecule is CN1C(=O)NC(=O)C12Cc1cc3ccc(CNC4CC(=O)Nc5ccccc54)nc3cc1C2. The maximum absolute atomic E-state index is 12.6. The number of urea groups is 1. The van der Waals surface area contributed by atoms with Gasteiger partial charge in [0, 0.05) is 50.0 Å². The molecule has 2 aliphatic heterocycles. The number of rotatable bonds is 3. The number of aromatic nitrogens is 1. The lowest BCUT2D eigenvalue weighted by atomic mass is 9.95. The Balaban J connectivity index is 1.25. The van der Waals surface area contributed by atoms with Crippen LogP contribution in [0.3, 0.4) is 0 Å². The molecular formula is C25H23N5O3. The number of hydrogen-bond donors (Lipinski definition) is 3. The van der Waals surface area contributed by atoms with Crippen molar-refractivity contribution in [1.29, 1.82) is 0 Å². The van der Waals surface area contributed by atoms with Gasteiger partial charge in [-0.3, -0.25) is 19.9 Å². The van der Waals surface area contributed by atoms with E-state index in [1.54, 1.807) is 7.05 Å². The van der Waals surface area contributed by atoms with Crippen LogP contribution < -0.4 is 16.0 Å². The van der Waals surface area contributed by atoms with Crippen LogP contribution in [0.2, 0.25) is 0 Å². The van der Waals surface area contributed by atoms with Crippen molar-refractivity contribution in [3.05, 3.63) is 70.9 Å². The van der Waals surface area contributed by atoms with Gasteiger partial charge in [-0.15, -0.1) is 0 Å². The van der Waals surface area contributed by atoms with Gasteiger partial charge in [0.1, 0.15) is 5.54 Å². The first kappa shape index (κ1) is 19.9. The van der Waals surface area contributed by atoms with E-state index in [0.717, 1.165) is 39.0 Å². The molecule has 4 amide bonds. The highest BCUT2D eigenvalue weighted by Crippen LogP contribution is 2.38. The van der Waals surface area contributed by atoms with Crippen molar-refractivity contribution in [1.82, 2.24) is 20.5 Å². The molecule has 2 aromatic carbocycles. The van der Waals surface area contributed by atoms with Crippen LogP contribution in [0.1, 0.15) is 34.8 Å². The quantitative estimate of drug-likeness (QED) is 0.542. The minimum Gasteiger partial charge on any atom is -0.326 e. The van der Waals surface area contributed by atoms with Gasteiger partial charge in [0.25, 0.3) is 5.91 Å². The largest absolute Gasteiger partial charge is 0.326 e. The molecule has 3 heterocycles. The van der Waals surface area contributed by atoms with E-state index in [9.17, 15) is 14.4 Å². The molecule has 1 spiro atoms. The van der Waals surface area contributed by atoms with E-state index in [0.29, 0.717) is 25.8 Å². The standard InChI is InChI=1S/C25H23N5O3/c1-30-24(33)29-23(32)25(30)11-15-8-14-6-7-17(27-20(14)9-16(15)12-25)13-26-21-10-22(31)28-19-5-3-2-4-18(19)21/h2-9,21,26H,10-13H2,1H3,(H,28,31)(H,29,32,33). The van der Waals surface area contributed by atoms with Crippen LogP contribution in [0, 0.1) is 0 Å². The Labute approximate surface area is 190 Å². The average molecular weight is 441 g/mol. The van der Waals surface area contributed by atoms with Crippen molar-refractivity contribution in [2.45, 2.75) is 37.4 Å². The number of pyridine rings is 1. The third kappa shape index (κ3) is 3.09. The summed E-state index contributed by atoms with van der Waals surface area (Å²) in [6, 6.07) is 15.6. The van der Waals surface area contributed by atoms with Crippen LogP contribution in [0.4, 0.5) is 10.5 Å². The monoisotopic (exact) mass is 441 g/mol. The fourth-order valence-electron chi connectivity index (χ4n) is 5.29. The third-order valence-corrected chi connectivity index (χ3v) is 7.15. The number of anilines is 1. The second kappa shape index (κ2) is 7.11. The number of hydrogen-bond acceptors (Lipinski definition) is 5. The third-order valence-electron chi connectivity index (χ3n) is 7.15. The highest BCUT2D eigenvalue weighted by molar-refractivity contribution is 6.08. The molecule has 8 nitrogen and oxygen atoms in total. The van der Waals surface area contributed by atoms with Crippen molar-refractivity contribution in [2.24, 2.45) is 0 Å². The second-order valence-electron chi connectivity index (χ2n) is 9.09. The van der Waals surface area contributed by atoms with Gasteiger partial charge in [0.15, 0.2) is 0 Å². The first-order valence-electron chi connectivity index (χ1n) is 11.1.